The van der Waals surface area contributed by atoms with E-state index in [9.17, 15) is 24.5 Å². The van der Waals surface area contributed by atoms with Crippen LogP contribution in [-0.4, -0.2) is 39.1 Å². The highest BCUT2D eigenvalue weighted by molar-refractivity contribution is 7.22. The van der Waals surface area contributed by atoms with E-state index < -0.39 is 22.6 Å². The Balaban J connectivity index is 1.41. The predicted molar refractivity (Wildman–Crippen MR) is 101 cm³/mol. The molecule has 140 valence electrons. The maximum Gasteiger partial charge on any atom is 0.270 e. The highest BCUT2D eigenvalue weighted by atomic mass is 32.1. The van der Waals surface area contributed by atoms with Gasteiger partial charge >= 0.3 is 0 Å². The van der Waals surface area contributed by atoms with Gasteiger partial charge in [-0.1, -0.05) is 23.5 Å². The number of nitro groups is 1. The largest absolute Gasteiger partial charge is 0.302 e. The zero-order chi connectivity index (χ0) is 19.8. The number of nitrogens with zero attached hydrogens (tertiary/aromatic N) is 3. The fourth-order valence-corrected chi connectivity index (χ4v) is 3.83. The van der Waals surface area contributed by atoms with Crippen LogP contribution in [0.3, 0.4) is 0 Å². The lowest BCUT2D eigenvalue weighted by molar-refractivity contribution is -0.384. The Morgan fingerprint density at radius 2 is 1.82 bits per heavy atom. The molecule has 0 atom stereocenters. The molecule has 0 radical (unpaired) electrons. The smallest absolute Gasteiger partial charge is 0.270 e. The quantitative estimate of drug-likeness (QED) is 0.402. The summed E-state index contributed by atoms with van der Waals surface area (Å²) in [5.41, 5.74) is 1.15. The van der Waals surface area contributed by atoms with Crippen molar-refractivity contribution < 1.29 is 19.3 Å². The van der Waals surface area contributed by atoms with Crippen LogP contribution >= 0.6 is 11.3 Å². The molecule has 4 rings (SSSR count). The minimum Gasteiger partial charge on any atom is -0.302 e. The third-order valence-electron chi connectivity index (χ3n) is 4.27. The highest BCUT2D eigenvalue weighted by Crippen LogP contribution is 2.29. The van der Waals surface area contributed by atoms with Crippen molar-refractivity contribution in [2.75, 3.05) is 11.9 Å². The van der Waals surface area contributed by atoms with Gasteiger partial charge in [-0.3, -0.25) is 29.4 Å². The number of hydrogen-bond acceptors (Lipinski definition) is 7. The number of anilines is 1. The number of hydrogen-bond donors (Lipinski definition) is 1. The predicted octanol–water partition coefficient (Wildman–Crippen LogP) is 2.83. The van der Waals surface area contributed by atoms with E-state index in [0.29, 0.717) is 26.5 Å². The first-order chi connectivity index (χ1) is 13.4. The van der Waals surface area contributed by atoms with Crippen LogP contribution in [0, 0.1) is 10.1 Å². The van der Waals surface area contributed by atoms with Gasteiger partial charge in [0.15, 0.2) is 5.13 Å². The number of fused-ring (bicyclic) bond motifs is 2. The lowest BCUT2D eigenvalue weighted by atomic mass is 10.1. The summed E-state index contributed by atoms with van der Waals surface area (Å²) in [5.74, 6) is -1.24. The second kappa shape index (κ2) is 6.82. The molecule has 1 aliphatic heterocycles. The summed E-state index contributed by atoms with van der Waals surface area (Å²) in [4.78, 5) is 52.4. The molecule has 0 saturated carbocycles. The van der Waals surface area contributed by atoms with Crippen LogP contribution in [0.5, 0.6) is 0 Å². The Bertz CT molecular complexity index is 1120. The number of imide groups is 1. The van der Waals surface area contributed by atoms with Crippen LogP contribution in [-0.2, 0) is 4.79 Å². The first-order valence-corrected chi connectivity index (χ1v) is 9.06. The topological polar surface area (TPSA) is 123 Å². The molecule has 0 bridgehead atoms. The SMILES string of the molecule is O=C(CCN1C(=O)c2ccccc2C1=O)Nc1nc2ccc([N+](=O)[O-])cc2s1. The first-order valence-electron chi connectivity index (χ1n) is 8.24. The van der Waals surface area contributed by atoms with Gasteiger partial charge < -0.3 is 5.32 Å². The fraction of sp³-hybridized carbons (Fsp3) is 0.111. The number of carbonyl (C=O) groups is 3. The molecular weight excluding hydrogens is 384 g/mol. The Hall–Kier alpha value is -3.66. The van der Waals surface area contributed by atoms with E-state index >= 15 is 0 Å². The molecular formula is C18H12N4O5S. The number of thiazole rings is 1. The summed E-state index contributed by atoms with van der Waals surface area (Å²) in [6.07, 6.45) is -0.0818. The third kappa shape index (κ3) is 3.09. The van der Waals surface area contributed by atoms with Crippen molar-refractivity contribution in [3.63, 3.8) is 0 Å². The summed E-state index contributed by atoms with van der Waals surface area (Å²) in [7, 11) is 0. The lowest BCUT2D eigenvalue weighted by Crippen LogP contribution is -2.32. The summed E-state index contributed by atoms with van der Waals surface area (Å²) < 4.78 is 0.574. The molecule has 0 unspecified atom stereocenters. The molecule has 1 N–H and O–H groups in total. The number of carbonyl (C=O) groups excluding carboxylic acids is 3. The van der Waals surface area contributed by atoms with E-state index in [0.717, 1.165) is 16.2 Å². The molecule has 1 aromatic heterocycles. The van der Waals surface area contributed by atoms with Crippen LogP contribution in [0.15, 0.2) is 42.5 Å². The summed E-state index contributed by atoms with van der Waals surface area (Å²) in [5, 5.41) is 13.7. The zero-order valence-corrected chi connectivity index (χ0v) is 15.1. The van der Waals surface area contributed by atoms with E-state index in [-0.39, 0.29) is 18.7 Å². The van der Waals surface area contributed by atoms with Crippen molar-refractivity contribution in [1.82, 2.24) is 9.88 Å². The number of rotatable bonds is 5. The Morgan fingerprint density at radius 3 is 2.46 bits per heavy atom. The van der Waals surface area contributed by atoms with Crippen molar-refractivity contribution in [2.45, 2.75) is 6.42 Å². The standard InChI is InChI=1S/C18H12N4O5S/c23-15(7-8-21-16(24)11-3-1-2-4-12(11)17(21)25)20-18-19-13-6-5-10(22(26)27)9-14(13)28-18/h1-6,9H,7-8H2,(H,19,20,23). The molecule has 2 heterocycles. The van der Waals surface area contributed by atoms with E-state index in [4.69, 9.17) is 0 Å². The number of benzene rings is 2. The van der Waals surface area contributed by atoms with Crippen molar-refractivity contribution in [2.24, 2.45) is 0 Å². The van der Waals surface area contributed by atoms with Crippen LogP contribution in [0.2, 0.25) is 0 Å². The second-order valence-electron chi connectivity index (χ2n) is 6.03. The molecule has 0 fully saturated rings. The first kappa shape index (κ1) is 17.7. The Labute approximate surface area is 161 Å². The monoisotopic (exact) mass is 396 g/mol. The zero-order valence-electron chi connectivity index (χ0n) is 14.2. The second-order valence-corrected chi connectivity index (χ2v) is 7.06. The molecule has 1 aliphatic rings. The van der Waals surface area contributed by atoms with Gasteiger partial charge in [0.25, 0.3) is 17.5 Å². The molecule has 10 heteroatoms. The van der Waals surface area contributed by atoms with Gasteiger partial charge in [-0.2, -0.15) is 0 Å². The number of aromatic nitrogens is 1. The van der Waals surface area contributed by atoms with Crippen molar-refractivity contribution in [3.05, 3.63) is 63.7 Å². The number of nitrogens with one attached hydrogen (secondary N) is 1. The van der Waals surface area contributed by atoms with Crippen LogP contribution in [0.25, 0.3) is 10.2 Å². The van der Waals surface area contributed by atoms with Crippen molar-refractivity contribution >= 4 is 50.1 Å². The van der Waals surface area contributed by atoms with Crippen LogP contribution in [0.4, 0.5) is 10.8 Å². The summed E-state index contributed by atoms with van der Waals surface area (Å²) in [6, 6.07) is 10.8. The van der Waals surface area contributed by atoms with Gasteiger partial charge in [0.1, 0.15) is 0 Å². The van der Waals surface area contributed by atoms with E-state index in [1.807, 2.05) is 0 Å². The van der Waals surface area contributed by atoms with Crippen molar-refractivity contribution in [3.8, 4) is 0 Å². The van der Waals surface area contributed by atoms with Gasteiger partial charge in [0.2, 0.25) is 5.91 Å². The number of nitro benzene ring substituents is 1. The maximum atomic E-state index is 12.3. The van der Waals surface area contributed by atoms with E-state index in [2.05, 4.69) is 10.3 Å². The fourth-order valence-electron chi connectivity index (χ4n) is 2.92. The minimum atomic E-state index is -0.501. The Kier molecular flexibility index (Phi) is 4.32. The molecule has 3 amide bonds. The molecule has 0 saturated heterocycles. The minimum absolute atomic E-state index is 0.0471. The van der Waals surface area contributed by atoms with Crippen molar-refractivity contribution in [1.29, 1.82) is 0 Å². The van der Waals surface area contributed by atoms with Gasteiger partial charge in [-0.25, -0.2) is 4.98 Å². The van der Waals surface area contributed by atoms with Gasteiger partial charge in [0, 0.05) is 25.1 Å². The summed E-state index contributed by atoms with van der Waals surface area (Å²) in [6.45, 7) is -0.0471. The average Bonchev–Trinajstić information content (AvgIpc) is 3.18. The van der Waals surface area contributed by atoms with Crippen LogP contribution < -0.4 is 5.32 Å². The molecule has 3 aromatic rings. The molecule has 28 heavy (non-hydrogen) atoms. The third-order valence-corrected chi connectivity index (χ3v) is 5.20. The van der Waals surface area contributed by atoms with E-state index in [1.54, 1.807) is 24.3 Å². The van der Waals surface area contributed by atoms with Gasteiger partial charge in [-0.15, -0.1) is 0 Å². The number of non-ortho nitro benzene ring substituents is 1. The number of amides is 3. The van der Waals surface area contributed by atoms with Gasteiger partial charge in [-0.05, 0) is 18.2 Å². The van der Waals surface area contributed by atoms with Crippen LogP contribution in [0.1, 0.15) is 27.1 Å². The normalized spacial score (nSPS) is 13.1. The Morgan fingerprint density at radius 1 is 1.14 bits per heavy atom. The average molecular weight is 396 g/mol. The molecule has 2 aromatic carbocycles. The summed E-state index contributed by atoms with van der Waals surface area (Å²) >= 11 is 1.11. The lowest BCUT2D eigenvalue weighted by Gasteiger charge is -2.12. The maximum absolute atomic E-state index is 12.3. The van der Waals surface area contributed by atoms with E-state index in [1.165, 1.54) is 18.2 Å². The van der Waals surface area contributed by atoms with Gasteiger partial charge in [0.05, 0.1) is 26.3 Å². The highest BCUT2D eigenvalue weighted by Gasteiger charge is 2.35. The molecule has 0 aliphatic carbocycles. The molecule has 9 nitrogen and oxygen atoms in total. The molecule has 0 spiro atoms.